The minimum absolute atomic E-state index is 1.20. The molecule has 0 aromatic carbocycles. The Morgan fingerprint density at radius 1 is 0.652 bits per heavy atom. The topological polar surface area (TPSA) is 7.76 Å². The summed E-state index contributed by atoms with van der Waals surface area (Å²) in [5.74, 6) is 0. The van der Waals surface area contributed by atoms with Gasteiger partial charge in [-0.25, -0.2) is 9.13 Å². The summed E-state index contributed by atoms with van der Waals surface area (Å²) in [6.45, 7) is 2.39. The summed E-state index contributed by atoms with van der Waals surface area (Å²) in [5, 5.41) is 0. The molecule has 0 saturated heterocycles. The van der Waals surface area contributed by atoms with Crippen molar-refractivity contribution < 1.29 is 9.13 Å². The lowest BCUT2D eigenvalue weighted by molar-refractivity contribution is -0.707. The molecule has 0 amide bonds. The predicted molar refractivity (Wildman–Crippen MR) is 91.2 cm³/mol. The SMILES string of the molecule is c1cc2c([n+](CCCCC[n+]3cccc4c3CCC4)c1)CCC2. The number of fused-ring (bicyclic) bond motifs is 2. The monoisotopic (exact) mass is 308 g/mol. The van der Waals surface area contributed by atoms with E-state index in [2.05, 4.69) is 45.8 Å². The molecule has 2 aromatic rings. The Balaban J connectivity index is 1.27. The molecular weight excluding hydrogens is 280 g/mol. The van der Waals surface area contributed by atoms with Gasteiger partial charge in [-0.05, 0) is 44.2 Å². The lowest BCUT2D eigenvalue weighted by atomic mass is 10.2. The van der Waals surface area contributed by atoms with Gasteiger partial charge in [0.25, 0.3) is 0 Å². The van der Waals surface area contributed by atoms with Crippen LogP contribution in [0.5, 0.6) is 0 Å². The molecule has 2 nitrogen and oxygen atoms in total. The third kappa shape index (κ3) is 3.17. The summed E-state index contributed by atoms with van der Waals surface area (Å²) in [6, 6.07) is 9.08. The van der Waals surface area contributed by atoms with E-state index < -0.39 is 0 Å². The second-order valence-electron chi connectivity index (χ2n) is 7.11. The molecule has 2 aliphatic carbocycles. The lowest BCUT2D eigenvalue weighted by Crippen LogP contribution is -2.39. The lowest BCUT2D eigenvalue weighted by Gasteiger charge is -2.04. The summed E-state index contributed by atoms with van der Waals surface area (Å²) >= 11 is 0. The van der Waals surface area contributed by atoms with E-state index in [0.717, 1.165) is 0 Å². The zero-order valence-electron chi connectivity index (χ0n) is 14.1. The van der Waals surface area contributed by atoms with Crippen LogP contribution in [0.4, 0.5) is 0 Å². The minimum atomic E-state index is 1.20. The molecule has 2 heteroatoms. The molecule has 0 spiro atoms. The smallest absolute Gasteiger partial charge is 0.184 e. The van der Waals surface area contributed by atoms with Crippen molar-refractivity contribution >= 4 is 0 Å². The number of unbranched alkanes of at least 4 members (excludes halogenated alkanes) is 2. The van der Waals surface area contributed by atoms with Crippen molar-refractivity contribution in [3.8, 4) is 0 Å². The first-order valence-electron chi connectivity index (χ1n) is 9.42. The van der Waals surface area contributed by atoms with E-state index in [1.807, 2.05) is 0 Å². The highest BCUT2D eigenvalue weighted by molar-refractivity contribution is 5.20. The fourth-order valence-corrected chi connectivity index (χ4v) is 4.38. The van der Waals surface area contributed by atoms with Gasteiger partial charge in [-0.3, -0.25) is 0 Å². The molecule has 0 saturated carbocycles. The first-order valence-corrected chi connectivity index (χ1v) is 9.42. The zero-order valence-corrected chi connectivity index (χ0v) is 14.1. The van der Waals surface area contributed by atoms with Crippen LogP contribution >= 0.6 is 0 Å². The molecule has 120 valence electrons. The molecule has 23 heavy (non-hydrogen) atoms. The zero-order chi connectivity index (χ0) is 15.5. The average molecular weight is 308 g/mol. The van der Waals surface area contributed by atoms with Crippen LogP contribution in [-0.4, -0.2) is 0 Å². The molecule has 2 aromatic heterocycles. The summed E-state index contributed by atoms with van der Waals surface area (Å²) < 4.78 is 5.02. The number of aromatic nitrogens is 2. The Bertz CT molecular complexity index is 631. The van der Waals surface area contributed by atoms with Crippen molar-refractivity contribution in [1.82, 2.24) is 0 Å². The van der Waals surface area contributed by atoms with Crippen molar-refractivity contribution in [2.24, 2.45) is 0 Å². The molecule has 0 radical (unpaired) electrons. The van der Waals surface area contributed by atoms with E-state index in [1.165, 1.54) is 70.9 Å². The highest BCUT2D eigenvalue weighted by atomic mass is 15.0. The number of rotatable bonds is 6. The Morgan fingerprint density at radius 3 is 1.70 bits per heavy atom. The van der Waals surface area contributed by atoms with Crippen molar-refractivity contribution in [2.75, 3.05) is 0 Å². The fraction of sp³-hybridized carbons (Fsp3) is 0.524. The molecule has 0 unspecified atom stereocenters. The predicted octanol–water partition coefficient (Wildman–Crippen LogP) is 3.11. The molecule has 0 atom stereocenters. The van der Waals surface area contributed by atoms with Crippen molar-refractivity contribution in [3.05, 3.63) is 59.2 Å². The average Bonchev–Trinajstić information content (AvgIpc) is 3.24. The van der Waals surface area contributed by atoms with Gasteiger partial charge >= 0.3 is 0 Å². The number of pyridine rings is 2. The van der Waals surface area contributed by atoms with E-state index in [1.54, 1.807) is 22.5 Å². The van der Waals surface area contributed by atoms with Crippen LogP contribution < -0.4 is 9.13 Å². The van der Waals surface area contributed by atoms with Crippen LogP contribution in [0.3, 0.4) is 0 Å². The van der Waals surface area contributed by atoms with Crippen LogP contribution in [0.25, 0.3) is 0 Å². The molecule has 0 fully saturated rings. The second-order valence-corrected chi connectivity index (χ2v) is 7.11. The van der Waals surface area contributed by atoms with Crippen molar-refractivity contribution in [3.63, 3.8) is 0 Å². The molecule has 2 heterocycles. The highest BCUT2D eigenvalue weighted by Crippen LogP contribution is 2.18. The van der Waals surface area contributed by atoms with Crippen molar-refractivity contribution in [1.29, 1.82) is 0 Å². The number of aryl methyl sites for hydroxylation is 4. The fourth-order valence-electron chi connectivity index (χ4n) is 4.38. The number of hydrogen-bond acceptors (Lipinski definition) is 0. The Labute approximate surface area is 139 Å². The van der Waals surface area contributed by atoms with Crippen LogP contribution in [0.1, 0.15) is 54.6 Å². The van der Waals surface area contributed by atoms with Crippen LogP contribution in [0, 0.1) is 0 Å². The molecule has 0 N–H and O–H groups in total. The first-order chi connectivity index (χ1) is 11.4. The van der Waals surface area contributed by atoms with E-state index in [4.69, 9.17) is 0 Å². The van der Waals surface area contributed by atoms with E-state index in [9.17, 15) is 0 Å². The standard InChI is InChI=1S/C21H28N2/c1(2-14-22-16-6-10-18-8-4-12-20(18)22)3-15-23-17-7-11-19-9-5-13-21(19)23/h6-7,10-11,16-17H,1-5,8-9,12-15H2/q+2. The normalized spacial score (nSPS) is 15.7. The Kier molecular flexibility index (Phi) is 4.41. The van der Waals surface area contributed by atoms with Gasteiger partial charge in [0.05, 0.1) is 0 Å². The largest absolute Gasteiger partial charge is 0.202 e. The Hall–Kier alpha value is -1.70. The maximum Gasteiger partial charge on any atom is 0.184 e. The molecule has 0 bridgehead atoms. The van der Waals surface area contributed by atoms with Gasteiger partial charge < -0.3 is 0 Å². The van der Waals surface area contributed by atoms with Crippen LogP contribution in [0.2, 0.25) is 0 Å². The van der Waals surface area contributed by atoms with Gasteiger partial charge in [0.1, 0.15) is 13.1 Å². The molecule has 4 rings (SSSR count). The molecule has 2 aliphatic rings. The summed E-state index contributed by atoms with van der Waals surface area (Å²) in [7, 11) is 0. The van der Waals surface area contributed by atoms with Crippen LogP contribution in [-0.2, 0) is 38.8 Å². The quantitative estimate of drug-likeness (QED) is 0.572. The summed E-state index contributed by atoms with van der Waals surface area (Å²) in [6.07, 6.45) is 16.3. The first kappa shape index (κ1) is 14.9. The maximum absolute atomic E-state index is 2.51. The third-order valence-corrected chi connectivity index (χ3v) is 5.58. The molecule has 0 aliphatic heterocycles. The van der Waals surface area contributed by atoms with Gasteiger partial charge in [0, 0.05) is 48.9 Å². The minimum Gasteiger partial charge on any atom is -0.202 e. The summed E-state index contributed by atoms with van der Waals surface area (Å²) in [5.41, 5.74) is 6.37. The third-order valence-electron chi connectivity index (χ3n) is 5.58. The van der Waals surface area contributed by atoms with E-state index >= 15 is 0 Å². The van der Waals surface area contributed by atoms with Gasteiger partial charge in [0.15, 0.2) is 23.8 Å². The van der Waals surface area contributed by atoms with Gasteiger partial charge in [0.2, 0.25) is 0 Å². The van der Waals surface area contributed by atoms with E-state index in [-0.39, 0.29) is 0 Å². The number of hydrogen-bond donors (Lipinski definition) is 0. The number of nitrogens with zero attached hydrogens (tertiary/aromatic N) is 2. The maximum atomic E-state index is 2.51. The van der Waals surface area contributed by atoms with Crippen molar-refractivity contribution in [2.45, 2.75) is 70.9 Å². The summed E-state index contributed by atoms with van der Waals surface area (Å²) in [4.78, 5) is 0. The van der Waals surface area contributed by atoms with Gasteiger partial charge in [-0.2, -0.15) is 0 Å². The Morgan fingerprint density at radius 2 is 1.17 bits per heavy atom. The second kappa shape index (κ2) is 6.82. The van der Waals surface area contributed by atoms with Gasteiger partial charge in [-0.1, -0.05) is 0 Å². The van der Waals surface area contributed by atoms with Gasteiger partial charge in [-0.15, -0.1) is 0 Å². The van der Waals surface area contributed by atoms with Crippen LogP contribution in [0.15, 0.2) is 36.7 Å². The highest BCUT2D eigenvalue weighted by Gasteiger charge is 2.22. The molecular formula is C21H28N2+2. The van der Waals surface area contributed by atoms with E-state index in [0.29, 0.717) is 0 Å².